The van der Waals surface area contributed by atoms with Gasteiger partial charge in [0, 0.05) is 11.8 Å². The largest absolute Gasteiger partial charge is 0.313 e. The topological polar surface area (TPSA) is 55.6 Å². The van der Waals surface area contributed by atoms with Crippen molar-refractivity contribution in [3.05, 3.63) is 0 Å². The highest BCUT2D eigenvalue weighted by atomic mass is 32.2. The standard InChI is InChI=1S/C9H15N5S/c1-2-7(10-5-1)6-15-9-11-12-13-14(9)8-3-4-8/h7-8,10H,1-6H2. The van der Waals surface area contributed by atoms with E-state index in [1.165, 1.54) is 32.2 Å². The Bertz CT molecular complexity index is 329. The van der Waals surface area contributed by atoms with Crippen molar-refractivity contribution in [2.75, 3.05) is 12.3 Å². The van der Waals surface area contributed by atoms with Crippen LogP contribution in [0.15, 0.2) is 5.16 Å². The second kappa shape index (κ2) is 4.09. The minimum Gasteiger partial charge on any atom is -0.313 e. The van der Waals surface area contributed by atoms with Gasteiger partial charge in [0.25, 0.3) is 0 Å². The van der Waals surface area contributed by atoms with Crippen LogP contribution in [0.1, 0.15) is 31.7 Å². The summed E-state index contributed by atoms with van der Waals surface area (Å²) in [5.74, 6) is 1.09. The van der Waals surface area contributed by atoms with Gasteiger partial charge in [0.05, 0.1) is 6.04 Å². The fraction of sp³-hybridized carbons (Fsp3) is 0.889. The maximum absolute atomic E-state index is 4.08. The minimum atomic E-state index is 0.582. The number of nitrogens with zero attached hydrogens (tertiary/aromatic N) is 4. The molecule has 1 N–H and O–H groups in total. The molecule has 1 aromatic heterocycles. The number of rotatable bonds is 4. The van der Waals surface area contributed by atoms with Crippen LogP contribution in [0.5, 0.6) is 0 Å². The van der Waals surface area contributed by atoms with E-state index < -0.39 is 0 Å². The monoisotopic (exact) mass is 225 g/mol. The Hall–Kier alpha value is -0.620. The average Bonchev–Trinajstić information content (AvgIpc) is 2.81. The van der Waals surface area contributed by atoms with E-state index in [0.717, 1.165) is 10.9 Å². The van der Waals surface area contributed by atoms with Crippen LogP contribution in [0.2, 0.25) is 0 Å². The molecular weight excluding hydrogens is 210 g/mol. The summed E-state index contributed by atoms with van der Waals surface area (Å²) in [7, 11) is 0. The highest BCUT2D eigenvalue weighted by molar-refractivity contribution is 7.99. The summed E-state index contributed by atoms with van der Waals surface area (Å²) in [5.41, 5.74) is 0. The van der Waals surface area contributed by atoms with Crippen molar-refractivity contribution in [3.8, 4) is 0 Å². The summed E-state index contributed by atoms with van der Waals surface area (Å²) >= 11 is 1.78. The molecule has 15 heavy (non-hydrogen) atoms. The van der Waals surface area contributed by atoms with Crippen LogP contribution >= 0.6 is 11.8 Å². The molecule has 0 bridgehead atoms. The molecule has 2 aliphatic rings. The van der Waals surface area contributed by atoms with Gasteiger partial charge in [-0.25, -0.2) is 4.68 Å². The predicted octanol–water partition coefficient (Wildman–Crippen LogP) is 0.852. The lowest BCUT2D eigenvalue weighted by Crippen LogP contribution is -2.23. The van der Waals surface area contributed by atoms with Crippen molar-refractivity contribution in [3.63, 3.8) is 0 Å². The Labute approximate surface area is 93.0 Å². The first kappa shape index (κ1) is 9.59. The fourth-order valence-corrected chi connectivity index (χ4v) is 2.95. The second-order valence-corrected chi connectivity index (χ2v) is 5.23. The molecule has 1 atom stereocenters. The molecular formula is C9H15N5S. The smallest absolute Gasteiger partial charge is 0.209 e. The Kier molecular flexibility index (Phi) is 2.62. The van der Waals surface area contributed by atoms with Gasteiger partial charge in [-0.1, -0.05) is 11.8 Å². The fourth-order valence-electron chi connectivity index (χ4n) is 1.90. The molecule has 6 heteroatoms. The number of nitrogens with one attached hydrogen (secondary N) is 1. The molecule has 1 saturated heterocycles. The highest BCUT2D eigenvalue weighted by Gasteiger charge is 2.28. The van der Waals surface area contributed by atoms with E-state index in [0.29, 0.717) is 12.1 Å². The lowest BCUT2D eigenvalue weighted by molar-refractivity contribution is 0.564. The summed E-state index contributed by atoms with van der Waals surface area (Å²) in [6.45, 7) is 1.17. The van der Waals surface area contributed by atoms with Gasteiger partial charge in [-0.2, -0.15) is 0 Å². The first-order chi connectivity index (χ1) is 7.43. The van der Waals surface area contributed by atoms with E-state index in [1.54, 1.807) is 11.8 Å². The Morgan fingerprint density at radius 1 is 1.40 bits per heavy atom. The first-order valence-electron chi connectivity index (χ1n) is 5.57. The van der Waals surface area contributed by atoms with Crippen molar-refractivity contribution >= 4 is 11.8 Å². The molecule has 2 heterocycles. The van der Waals surface area contributed by atoms with Crippen molar-refractivity contribution in [2.45, 2.75) is 42.9 Å². The molecule has 2 fully saturated rings. The number of hydrogen-bond donors (Lipinski definition) is 1. The zero-order chi connectivity index (χ0) is 10.1. The van der Waals surface area contributed by atoms with Gasteiger partial charge in [-0.3, -0.25) is 0 Å². The third-order valence-electron chi connectivity index (χ3n) is 2.93. The van der Waals surface area contributed by atoms with Crippen molar-refractivity contribution < 1.29 is 0 Å². The van der Waals surface area contributed by atoms with Crippen LogP contribution in [-0.4, -0.2) is 38.5 Å². The zero-order valence-corrected chi connectivity index (χ0v) is 9.41. The molecule has 0 amide bonds. The Morgan fingerprint density at radius 3 is 3.07 bits per heavy atom. The van der Waals surface area contributed by atoms with Crippen LogP contribution in [0.3, 0.4) is 0 Å². The number of tetrazole rings is 1. The summed E-state index contributed by atoms with van der Waals surface area (Å²) in [6, 6.07) is 1.23. The first-order valence-corrected chi connectivity index (χ1v) is 6.56. The maximum atomic E-state index is 4.08. The summed E-state index contributed by atoms with van der Waals surface area (Å²) in [6.07, 6.45) is 5.07. The molecule has 1 aliphatic heterocycles. The zero-order valence-electron chi connectivity index (χ0n) is 8.59. The molecule has 82 valence electrons. The van der Waals surface area contributed by atoms with Crippen molar-refractivity contribution in [1.82, 2.24) is 25.5 Å². The number of aromatic nitrogens is 4. The molecule has 5 nitrogen and oxygen atoms in total. The van der Waals surface area contributed by atoms with E-state index in [2.05, 4.69) is 20.8 Å². The quantitative estimate of drug-likeness (QED) is 0.770. The van der Waals surface area contributed by atoms with E-state index in [1.807, 2.05) is 4.68 Å². The van der Waals surface area contributed by atoms with Gasteiger partial charge in [-0.15, -0.1) is 5.10 Å². The molecule has 0 radical (unpaired) electrons. The number of thioether (sulfide) groups is 1. The Morgan fingerprint density at radius 2 is 2.33 bits per heavy atom. The van der Waals surface area contributed by atoms with Gasteiger partial charge < -0.3 is 5.32 Å². The number of hydrogen-bond acceptors (Lipinski definition) is 5. The Balaban J connectivity index is 1.58. The third kappa shape index (κ3) is 2.15. The van der Waals surface area contributed by atoms with E-state index in [4.69, 9.17) is 0 Å². The molecule has 3 rings (SSSR count). The van der Waals surface area contributed by atoms with Gasteiger partial charge >= 0.3 is 0 Å². The van der Waals surface area contributed by atoms with Crippen LogP contribution in [0.25, 0.3) is 0 Å². The van der Waals surface area contributed by atoms with Gasteiger partial charge in [-0.05, 0) is 42.7 Å². The van der Waals surface area contributed by atoms with Gasteiger partial charge in [0.1, 0.15) is 0 Å². The molecule has 1 aliphatic carbocycles. The van der Waals surface area contributed by atoms with Crippen molar-refractivity contribution in [2.24, 2.45) is 0 Å². The lowest BCUT2D eigenvalue weighted by atomic mass is 10.3. The van der Waals surface area contributed by atoms with E-state index >= 15 is 0 Å². The van der Waals surface area contributed by atoms with Crippen LogP contribution < -0.4 is 5.32 Å². The molecule has 1 saturated carbocycles. The SMILES string of the molecule is C1CNC(CSc2nnnn2C2CC2)C1. The summed E-state index contributed by atoms with van der Waals surface area (Å²) in [4.78, 5) is 0. The second-order valence-electron chi connectivity index (χ2n) is 4.24. The van der Waals surface area contributed by atoms with Crippen LogP contribution in [0.4, 0.5) is 0 Å². The van der Waals surface area contributed by atoms with Gasteiger partial charge in [0.2, 0.25) is 5.16 Å². The third-order valence-corrected chi connectivity index (χ3v) is 4.03. The minimum absolute atomic E-state index is 0.582. The summed E-state index contributed by atoms with van der Waals surface area (Å²) < 4.78 is 1.99. The van der Waals surface area contributed by atoms with Crippen LogP contribution in [0, 0.1) is 0 Å². The normalized spacial score (nSPS) is 26.0. The summed E-state index contributed by atoms with van der Waals surface area (Å²) in [5, 5.41) is 16.3. The lowest BCUT2D eigenvalue weighted by Gasteiger charge is -2.08. The average molecular weight is 225 g/mol. The maximum Gasteiger partial charge on any atom is 0.209 e. The molecule has 1 aromatic rings. The molecule has 0 aromatic carbocycles. The highest BCUT2D eigenvalue weighted by Crippen LogP contribution is 2.36. The molecule has 1 unspecified atom stereocenters. The van der Waals surface area contributed by atoms with E-state index in [9.17, 15) is 0 Å². The molecule has 0 spiro atoms. The van der Waals surface area contributed by atoms with Crippen molar-refractivity contribution in [1.29, 1.82) is 0 Å². The van der Waals surface area contributed by atoms with Gasteiger partial charge in [0.15, 0.2) is 0 Å². The predicted molar refractivity (Wildman–Crippen MR) is 57.8 cm³/mol. The van der Waals surface area contributed by atoms with E-state index in [-0.39, 0.29) is 0 Å². The van der Waals surface area contributed by atoms with Crippen LogP contribution in [-0.2, 0) is 0 Å².